The molecule has 0 unspecified atom stereocenters. The van der Waals surface area contributed by atoms with Gasteiger partial charge in [0, 0.05) is 17.0 Å². The second-order valence-corrected chi connectivity index (χ2v) is 6.33. The number of nitrogens with one attached hydrogen (secondary N) is 1. The number of nitrogens with two attached hydrogens (primary N) is 1. The van der Waals surface area contributed by atoms with Crippen LogP contribution >= 0.6 is 11.6 Å². The van der Waals surface area contributed by atoms with Crippen molar-refractivity contribution in [2.45, 2.75) is 13.3 Å². The lowest BCUT2D eigenvalue weighted by molar-refractivity contribution is -0.547. The lowest BCUT2D eigenvalue weighted by Crippen LogP contribution is -3.00. The lowest BCUT2D eigenvalue weighted by Gasteiger charge is -2.11. The van der Waals surface area contributed by atoms with Gasteiger partial charge in [-0.2, -0.15) is 5.10 Å². The summed E-state index contributed by atoms with van der Waals surface area (Å²) in [6.45, 7) is 3.91. The Bertz CT molecular complexity index is 798. The summed E-state index contributed by atoms with van der Waals surface area (Å²) in [7, 11) is 0. The number of hydrazone groups is 1. The monoisotopic (exact) mass is 480 g/mol. The van der Waals surface area contributed by atoms with E-state index in [1.807, 2.05) is 49.4 Å². The molecule has 6 heteroatoms. The maximum absolute atomic E-state index is 5.99. The van der Waals surface area contributed by atoms with Gasteiger partial charge in [-0.25, -0.2) is 10.4 Å². The molecule has 3 N–H and O–H groups in total. The molecule has 0 saturated heterocycles. The first kappa shape index (κ1) is 20.6. The number of hydrogen-bond donors (Lipinski definition) is 2. The number of quaternary nitrogens is 1. The minimum atomic E-state index is 0. The van der Waals surface area contributed by atoms with E-state index in [4.69, 9.17) is 11.6 Å². The minimum absolute atomic E-state index is 0. The maximum atomic E-state index is 5.99. The number of nitrogens with zero attached hydrogens (tertiary/aromatic N) is 2. The fraction of sp³-hybridized carbons (Fsp3) is 0.200. The van der Waals surface area contributed by atoms with Crippen LogP contribution in [0.25, 0.3) is 11.6 Å². The minimum Gasteiger partial charge on any atom is -1.00 e. The summed E-state index contributed by atoms with van der Waals surface area (Å²) in [5, 5.41) is 7.37. The molecule has 0 amide bonds. The third-order valence-electron chi connectivity index (χ3n) is 3.98. The number of halogens is 2. The third-order valence-corrected chi connectivity index (χ3v) is 4.23. The number of rotatable bonds is 4. The number of allylic oxidation sites excluding steroid dienone is 1. The Kier molecular flexibility index (Phi) is 8.28. The van der Waals surface area contributed by atoms with E-state index >= 15 is 0 Å². The molecule has 1 aliphatic rings. The highest BCUT2D eigenvalue weighted by Gasteiger charge is 2.10. The first-order valence-electron chi connectivity index (χ1n) is 8.43. The van der Waals surface area contributed by atoms with E-state index < -0.39 is 0 Å². The predicted molar refractivity (Wildman–Crippen MR) is 106 cm³/mol. The van der Waals surface area contributed by atoms with Crippen molar-refractivity contribution in [3.05, 3.63) is 70.7 Å². The van der Waals surface area contributed by atoms with Gasteiger partial charge in [0.25, 0.3) is 0 Å². The fourth-order valence-electron chi connectivity index (χ4n) is 2.62. The Morgan fingerprint density at radius 2 is 1.88 bits per heavy atom. The van der Waals surface area contributed by atoms with Crippen LogP contribution in [0.15, 0.2) is 64.7 Å². The molecule has 0 bridgehead atoms. The Balaban J connectivity index is 0.00000243. The summed E-state index contributed by atoms with van der Waals surface area (Å²) >= 11 is 5.99. The molecular formula is C20H22ClIN4. The first-order valence-corrected chi connectivity index (χ1v) is 8.81. The molecule has 2 aromatic rings. The van der Waals surface area contributed by atoms with Crippen LogP contribution in [0.1, 0.15) is 24.5 Å². The average Bonchev–Trinajstić information content (AvgIpc) is 2.67. The SMILES string of the molecule is CC(=N\NC1=NCCC[NH2+]1)/C(=C\c1ccc(Cl)cc1)c1ccccc1.[I-]. The van der Waals surface area contributed by atoms with Crippen molar-refractivity contribution in [1.29, 1.82) is 0 Å². The Hall–Kier alpha value is -1.70. The summed E-state index contributed by atoms with van der Waals surface area (Å²) in [6.07, 6.45) is 3.23. The molecule has 2 aromatic carbocycles. The number of benzene rings is 2. The summed E-state index contributed by atoms with van der Waals surface area (Å²) in [6, 6.07) is 18.1. The van der Waals surface area contributed by atoms with Crippen LogP contribution in [0, 0.1) is 0 Å². The van der Waals surface area contributed by atoms with Gasteiger partial charge in [0.2, 0.25) is 0 Å². The fourth-order valence-corrected chi connectivity index (χ4v) is 2.74. The normalized spacial score (nSPS) is 15.1. The molecule has 0 radical (unpaired) electrons. The van der Waals surface area contributed by atoms with Gasteiger partial charge < -0.3 is 24.0 Å². The molecule has 136 valence electrons. The molecule has 0 fully saturated rings. The van der Waals surface area contributed by atoms with Crippen molar-refractivity contribution in [1.82, 2.24) is 5.43 Å². The highest BCUT2D eigenvalue weighted by Crippen LogP contribution is 2.21. The second-order valence-electron chi connectivity index (χ2n) is 5.90. The molecular weight excluding hydrogens is 459 g/mol. The second kappa shape index (κ2) is 10.4. The summed E-state index contributed by atoms with van der Waals surface area (Å²) in [5.74, 6) is 0.851. The lowest BCUT2D eigenvalue weighted by atomic mass is 9.99. The van der Waals surface area contributed by atoms with E-state index in [2.05, 4.69) is 39.0 Å². The molecule has 4 nitrogen and oxygen atoms in total. The van der Waals surface area contributed by atoms with E-state index in [0.29, 0.717) is 0 Å². The van der Waals surface area contributed by atoms with Crippen LogP contribution in [-0.4, -0.2) is 24.8 Å². The standard InChI is InChI=1S/C20H21ClN4.HI/c1-15(24-25-20-22-12-5-13-23-20)19(17-6-3-2-4-7-17)14-16-8-10-18(21)11-9-16;/h2-4,6-11,14H,5,12-13H2,1H3,(H2,22,23,25);1H/b19-14+,24-15+;. The maximum Gasteiger partial charge on any atom is 0.314 e. The highest BCUT2D eigenvalue weighted by molar-refractivity contribution is 6.30. The Labute approximate surface area is 176 Å². The van der Waals surface area contributed by atoms with Crippen LogP contribution in [-0.2, 0) is 0 Å². The van der Waals surface area contributed by atoms with E-state index in [0.717, 1.165) is 52.9 Å². The first-order chi connectivity index (χ1) is 12.2. The van der Waals surface area contributed by atoms with Crippen LogP contribution in [0.5, 0.6) is 0 Å². The number of hydrogen-bond acceptors (Lipinski definition) is 3. The quantitative estimate of drug-likeness (QED) is 0.279. The zero-order chi connectivity index (χ0) is 17.5. The number of guanidine groups is 1. The van der Waals surface area contributed by atoms with Crippen molar-refractivity contribution >= 4 is 34.9 Å². The molecule has 0 aliphatic carbocycles. The van der Waals surface area contributed by atoms with Crippen LogP contribution in [0.3, 0.4) is 0 Å². The molecule has 26 heavy (non-hydrogen) atoms. The van der Waals surface area contributed by atoms with Gasteiger partial charge in [-0.1, -0.05) is 54.1 Å². The molecule has 0 aromatic heterocycles. The Morgan fingerprint density at radius 1 is 1.15 bits per heavy atom. The molecule has 0 spiro atoms. The Morgan fingerprint density at radius 3 is 2.54 bits per heavy atom. The van der Waals surface area contributed by atoms with E-state index in [1.165, 1.54) is 0 Å². The summed E-state index contributed by atoms with van der Waals surface area (Å²) < 4.78 is 0. The molecule has 1 aliphatic heterocycles. The van der Waals surface area contributed by atoms with Gasteiger partial charge >= 0.3 is 5.96 Å². The van der Waals surface area contributed by atoms with Crippen LogP contribution in [0.2, 0.25) is 5.02 Å². The zero-order valence-electron chi connectivity index (χ0n) is 14.6. The largest absolute Gasteiger partial charge is 1.00 e. The average molecular weight is 481 g/mol. The highest BCUT2D eigenvalue weighted by atomic mass is 127. The van der Waals surface area contributed by atoms with Gasteiger partial charge in [-0.15, -0.1) is 0 Å². The van der Waals surface area contributed by atoms with Gasteiger partial charge in [0.15, 0.2) is 0 Å². The van der Waals surface area contributed by atoms with Crippen molar-refractivity contribution < 1.29 is 29.3 Å². The van der Waals surface area contributed by atoms with E-state index in [1.54, 1.807) is 0 Å². The predicted octanol–water partition coefficient (Wildman–Crippen LogP) is 0.173. The summed E-state index contributed by atoms with van der Waals surface area (Å²) in [4.78, 5) is 4.44. The smallest absolute Gasteiger partial charge is 0.314 e. The van der Waals surface area contributed by atoms with Crippen molar-refractivity contribution in [2.75, 3.05) is 13.1 Å². The summed E-state index contributed by atoms with van der Waals surface area (Å²) in [5.41, 5.74) is 7.26. The molecule has 0 atom stereocenters. The molecule has 1 heterocycles. The van der Waals surface area contributed by atoms with Crippen LogP contribution < -0.4 is 34.7 Å². The van der Waals surface area contributed by atoms with Gasteiger partial charge in [-0.05, 0) is 36.3 Å². The third kappa shape index (κ3) is 5.93. The molecule has 3 rings (SSSR count). The number of aliphatic imine (C=N–C) groups is 1. The van der Waals surface area contributed by atoms with E-state index in [-0.39, 0.29) is 24.0 Å². The van der Waals surface area contributed by atoms with Crippen molar-refractivity contribution in [2.24, 2.45) is 10.1 Å². The van der Waals surface area contributed by atoms with Crippen LogP contribution in [0.4, 0.5) is 0 Å². The zero-order valence-corrected chi connectivity index (χ0v) is 17.5. The molecule has 0 saturated carbocycles. The van der Waals surface area contributed by atoms with Gasteiger partial charge in [0.1, 0.15) is 0 Å². The van der Waals surface area contributed by atoms with Crippen molar-refractivity contribution in [3.63, 3.8) is 0 Å². The van der Waals surface area contributed by atoms with E-state index in [9.17, 15) is 0 Å². The van der Waals surface area contributed by atoms with Gasteiger partial charge in [-0.3, -0.25) is 5.32 Å². The van der Waals surface area contributed by atoms with Crippen molar-refractivity contribution in [3.8, 4) is 0 Å². The topological polar surface area (TPSA) is 53.4 Å². The van der Waals surface area contributed by atoms with Gasteiger partial charge in [0.05, 0.1) is 18.8 Å².